The van der Waals surface area contributed by atoms with Crippen LogP contribution in [0.4, 0.5) is 14.9 Å². The van der Waals surface area contributed by atoms with Crippen LogP contribution in [0, 0.1) is 11.7 Å². The third-order valence-corrected chi connectivity index (χ3v) is 5.47. The van der Waals surface area contributed by atoms with Crippen LogP contribution in [0.25, 0.3) is 0 Å². The van der Waals surface area contributed by atoms with Crippen molar-refractivity contribution in [3.8, 4) is 0 Å². The number of Topliss-reactive ketones (excluding diaryl/α,β-unsaturated/α-hetero) is 1. The van der Waals surface area contributed by atoms with Crippen LogP contribution in [0.2, 0.25) is 0 Å². The average Bonchev–Trinajstić information content (AvgIpc) is 2.78. The Morgan fingerprint density at radius 1 is 1.23 bits per heavy atom. The summed E-state index contributed by atoms with van der Waals surface area (Å²) in [6.07, 6.45) is 4.24. The van der Waals surface area contributed by atoms with Gasteiger partial charge in [-0.15, -0.1) is 0 Å². The van der Waals surface area contributed by atoms with Crippen LogP contribution in [-0.2, 0) is 11.3 Å². The summed E-state index contributed by atoms with van der Waals surface area (Å²) in [4.78, 5) is 30.6. The summed E-state index contributed by atoms with van der Waals surface area (Å²) < 4.78 is 13.6. The lowest BCUT2D eigenvalue weighted by molar-refractivity contribution is -0.117. The molecule has 0 aliphatic carbocycles. The van der Waals surface area contributed by atoms with Crippen LogP contribution < -0.4 is 10.6 Å². The number of amides is 2. The SMILES string of the molecule is O=C(/C(=N/O)Nc1ccc(F)c(Br)c1)C1CCN(C(=O)NCc2ccncc2)CC1. The van der Waals surface area contributed by atoms with Gasteiger partial charge in [0.1, 0.15) is 5.82 Å². The molecule has 1 aromatic heterocycles. The van der Waals surface area contributed by atoms with Crippen LogP contribution in [0.15, 0.2) is 52.4 Å². The van der Waals surface area contributed by atoms with E-state index in [1.54, 1.807) is 17.3 Å². The van der Waals surface area contributed by atoms with Crippen molar-refractivity contribution in [2.75, 3.05) is 18.4 Å². The van der Waals surface area contributed by atoms with Gasteiger partial charge in [0.25, 0.3) is 0 Å². The molecule has 0 saturated carbocycles. The summed E-state index contributed by atoms with van der Waals surface area (Å²) in [5.41, 5.74) is 1.36. The molecule has 3 N–H and O–H groups in total. The minimum Gasteiger partial charge on any atom is -0.409 e. The zero-order valence-electron chi connectivity index (χ0n) is 16.0. The van der Waals surface area contributed by atoms with Gasteiger partial charge in [0.15, 0.2) is 0 Å². The summed E-state index contributed by atoms with van der Waals surface area (Å²) in [6.45, 7) is 1.23. The van der Waals surface area contributed by atoms with Crippen molar-refractivity contribution in [2.24, 2.45) is 11.1 Å². The molecule has 8 nitrogen and oxygen atoms in total. The molecule has 30 heavy (non-hydrogen) atoms. The molecule has 10 heteroatoms. The fourth-order valence-corrected chi connectivity index (χ4v) is 3.55. The van der Waals surface area contributed by atoms with Gasteiger partial charge in [-0.3, -0.25) is 9.78 Å². The highest BCUT2D eigenvalue weighted by Gasteiger charge is 2.30. The van der Waals surface area contributed by atoms with Crippen LogP contribution in [-0.4, -0.2) is 45.8 Å². The summed E-state index contributed by atoms with van der Waals surface area (Å²) in [5.74, 6) is -1.38. The number of hydrogen-bond donors (Lipinski definition) is 3. The number of halogens is 2. The molecular formula is C20H21BrFN5O3. The number of benzene rings is 1. The number of carbonyl (C=O) groups excluding carboxylic acids is 2. The van der Waals surface area contributed by atoms with Gasteiger partial charge in [-0.2, -0.15) is 0 Å². The summed E-state index contributed by atoms with van der Waals surface area (Å²) >= 11 is 3.07. The number of carbonyl (C=O) groups is 2. The lowest BCUT2D eigenvalue weighted by Gasteiger charge is -2.31. The number of hydrogen-bond acceptors (Lipinski definition) is 5. The second-order valence-corrected chi connectivity index (χ2v) is 7.70. The molecule has 1 aliphatic rings. The van der Waals surface area contributed by atoms with E-state index in [1.807, 2.05) is 12.1 Å². The molecular weight excluding hydrogens is 457 g/mol. The lowest BCUT2D eigenvalue weighted by atomic mass is 9.92. The summed E-state index contributed by atoms with van der Waals surface area (Å²) in [7, 11) is 0. The minimum atomic E-state index is -0.441. The zero-order valence-corrected chi connectivity index (χ0v) is 17.6. The van der Waals surface area contributed by atoms with Gasteiger partial charge in [0.05, 0.1) is 4.47 Å². The Hall–Kier alpha value is -3.01. The smallest absolute Gasteiger partial charge is 0.317 e. The van der Waals surface area contributed by atoms with Crippen LogP contribution in [0.3, 0.4) is 0 Å². The highest BCUT2D eigenvalue weighted by molar-refractivity contribution is 9.10. The average molecular weight is 478 g/mol. The second-order valence-electron chi connectivity index (χ2n) is 6.84. The van der Waals surface area contributed by atoms with Crippen molar-refractivity contribution in [1.82, 2.24) is 15.2 Å². The molecule has 2 amide bonds. The van der Waals surface area contributed by atoms with Crippen molar-refractivity contribution < 1.29 is 19.2 Å². The van der Waals surface area contributed by atoms with Gasteiger partial charge < -0.3 is 20.7 Å². The predicted molar refractivity (Wildman–Crippen MR) is 113 cm³/mol. The monoisotopic (exact) mass is 477 g/mol. The summed E-state index contributed by atoms with van der Waals surface area (Å²) in [6, 6.07) is 7.58. The van der Waals surface area contributed by atoms with Crippen molar-refractivity contribution in [1.29, 1.82) is 0 Å². The highest BCUT2D eigenvalue weighted by Crippen LogP contribution is 2.22. The van der Waals surface area contributed by atoms with Crippen molar-refractivity contribution in [2.45, 2.75) is 19.4 Å². The van der Waals surface area contributed by atoms with E-state index in [-0.39, 0.29) is 28.0 Å². The molecule has 2 heterocycles. The third kappa shape index (κ3) is 5.53. The first-order valence-electron chi connectivity index (χ1n) is 9.38. The van der Waals surface area contributed by atoms with E-state index in [2.05, 4.69) is 36.7 Å². The molecule has 158 valence electrons. The number of likely N-dealkylation sites (tertiary alicyclic amines) is 1. The first kappa shape index (κ1) is 21.7. The molecule has 2 aromatic rings. The van der Waals surface area contributed by atoms with E-state index in [0.717, 1.165) is 5.56 Å². The van der Waals surface area contributed by atoms with E-state index < -0.39 is 5.82 Å². The Bertz CT molecular complexity index is 933. The second kappa shape index (κ2) is 10.1. The fourth-order valence-electron chi connectivity index (χ4n) is 3.17. The Labute approximate surface area is 181 Å². The first-order chi connectivity index (χ1) is 14.5. The molecule has 1 aromatic carbocycles. The van der Waals surface area contributed by atoms with E-state index in [9.17, 15) is 19.2 Å². The van der Waals surface area contributed by atoms with E-state index in [4.69, 9.17) is 0 Å². The number of pyridine rings is 1. The maximum atomic E-state index is 13.4. The lowest BCUT2D eigenvalue weighted by Crippen LogP contribution is -2.46. The van der Waals surface area contributed by atoms with Gasteiger partial charge in [0, 0.05) is 43.6 Å². The predicted octanol–water partition coefficient (Wildman–Crippen LogP) is 3.37. The maximum absolute atomic E-state index is 13.4. The molecule has 1 aliphatic heterocycles. The molecule has 0 bridgehead atoms. The number of amidine groups is 1. The number of ketones is 1. The first-order valence-corrected chi connectivity index (χ1v) is 10.2. The van der Waals surface area contributed by atoms with E-state index >= 15 is 0 Å². The number of urea groups is 1. The number of aromatic nitrogens is 1. The van der Waals surface area contributed by atoms with Crippen molar-refractivity contribution in [3.63, 3.8) is 0 Å². The van der Waals surface area contributed by atoms with Crippen LogP contribution in [0.5, 0.6) is 0 Å². The van der Waals surface area contributed by atoms with Gasteiger partial charge in [-0.1, -0.05) is 5.16 Å². The number of nitrogens with zero attached hydrogens (tertiary/aromatic N) is 3. The van der Waals surface area contributed by atoms with Crippen LogP contribution >= 0.6 is 15.9 Å². The van der Waals surface area contributed by atoms with Gasteiger partial charge in [0.2, 0.25) is 11.6 Å². The van der Waals surface area contributed by atoms with E-state index in [1.165, 1.54) is 18.2 Å². The topological polar surface area (TPSA) is 107 Å². The number of rotatable bonds is 5. The Kier molecular flexibility index (Phi) is 7.34. The quantitative estimate of drug-likeness (QED) is 0.265. The van der Waals surface area contributed by atoms with Gasteiger partial charge in [-0.25, -0.2) is 9.18 Å². The highest BCUT2D eigenvalue weighted by atomic mass is 79.9. The number of oxime groups is 1. The molecule has 0 radical (unpaired) electrons. The van der Waals surface area contributed by atoms with E-state index in [0.29, 0.717) is 38.2 Å². The molecule has 3 rings (SSSR count). The molecule has 0 spiro atoms. The Morgan fingerprint density at radius 2 is 1.93 bits per heavy atom. The minimum absolute atomic E-state index is 0.192. The molecule has 1 fully saturated rings. The Balaban J connectivity index is 1.51. The maximum Gasteiger partial charge on any atom is 0.317 e. The largest absolute Gasteiger partial charge is 0.409 e. The number of nitrogens with one attached hydrogen (secondary N) is 2. The molecule has 0 unspecified atom stereocenters. The standard InChI is InChI=1S/C20H21BrFN5O3/c21-16-11-15(1-2-17(16)22)25-19(26-30)18(28)14-5-9-27(10-6-14)20(29)24-12-13-3-7-23-8-4-13/h1-4,7-8,11,14,30H,5-6,9-10,12H2,(H,24,29)(H,25,26). The normalized spacial score (nSPS) is 15.0. The number of piperidine rings is 1. The summed E-state index contributed by atoms with van der Waals surface area (Å²) in [5, 5.41) is 17.9. The Morgan fingerprint density at radius 3 is 2.57 bits per heavy atom. The van der Waals surface area contributed by atoms with Crippen molar-refractivity contribution >= 4 is 39.3 Å². The van der Waals surface area contributed by atoms with Crippen molar-refractivity contribution in [3.05, 3.63) is 58.6 Å². The molecule has 1 saturated heterocycles. The third-order valence-electron chi connectivity index (χ3n) is 4.86. The van der Waals surface area contributed by atoms with Gasteiger partial charge in [-0.05, 0) is 64.7 Å². The van der Waals surface area contributed by atoms with Gasteiger partial charge >= 0.3 is 6.03 Å². The zero-order chi connectivity index (χ0) is 21.5. The fraction of sp³-hybridized carbons (Fsp3) is 0.300. The molecule has 0 atom stereocenters. The number of anilines is 1. The van der Waals surface area contributed by atoms with Crippen LogP contribution in [0.1, 0.15) is 18.4 Å².